The molecule has 0 amide bonds. The third kappa shape index (κ3) is 2.99. The van der Waals surface area contributed by atoms with E-state index in [0.29, 0.717) is 11.1 Å². The van der Waals surface area contributed by atoms with Crippen molar-refractivity contribution in [2.24, 2.45) is 0 Å². The Balaban J connectivity index is 1.59. The second kappa shape index (κ2) is 6.24. The first-order chi connectivity index (χ1) is 11.7. The molecule has 0 saturated carbocycles. The molecule has 0 radical (unpaired) electrons. The Morgan fingerprint density at radius 1 is 1.21 bits per heavy atom. The van der Waals surface area contributed by atoms with Crippen LogP contribution < -0.4 is 5.63 Å². The summed E-state index contributed by atoms with van der Waals surface area (Å²) < 4.78 is 10.7. The van der Waals surface area contributed by atoms with Gasteiger partial charge in [0.2, 0.25) is 0 Å². The van der Waals surface area contributed by atoms with Crippen molar-refractivity contribution in [3.63, 3.8) is 0 Å². The van der Waals surface area contributed by atoms with Crippen LogP contribution in [-0.4, -0.2) is 5.97 Å². The second-order valence-corrected chi connectivity index (χ2v) is 7.01. The van der Waals surface area contributed by atoms with Gasteiger partial charge in [-0.25, -0.2) is 4.79 Å². The third-order valence-corrected chi connectivity index (χ3v) is 5.21. The Kier molecular flexibility index (Phi) is 3.94. The lowest BCUT2D eigenvalue weighted by molar-refractivity contribution is -0.144. The van der Waals surface area contributed by atoms with E-state index in [0.717, 1.165) is 29.5 Å². The molecule has 1 aliphatic rings. The Bertz CT molecular complexity index is 953. The van der Waals surface area contributed by atoms with E-state index in [1.54, 1.807) is 0 Å². The van der Waals surface area contributed by atoms with E-state index in [2.05, 4.69) is 6.07 Å². The summed E-state index contributed by atoms with van der Waals surface area (Å²) in [5.74, 6) is -0.292. The van der Waals surface area contributed by atoms with E-state index < -0.39 is 5.63 Å². The zero-order chi connectivity index (χ0) is 16.5. The number of carbonyl (C=O) groups excluding carboxylic acids is 1. The predicted molar refractivity (Wildman–Crippen MR) is 92.3 cm³/mol. The molecule has 0 saturated heterocycles. The van der Waals surface area contributed by atoms with Crippen molar-refractivity contribution in [3.05, 3.63) is 67.7 Å². The molecule has 1 aliphatic carbocycles. The van der Waals surface area contributed by atoms with E-state index in [-0.39, 0.29) is 19.0 Å². The predicted octanol–water partition coefficient (Wildman–Crippen LogP) is 3.63. The zero-order valence-electron chi connectivity index (χ0n) is 13.0. The van der Waals surface area contributed by atoms with Gasteiger partial charge >= 0.3 is 11.6 Å². The van der Waals surface area contributed by atoms with Gasteiger partial charge in [0.25, 0.3) is 0 Å². The van der Waals surface area contributed by atoms with Crippen molar-refractivity contribution < 1.29 is 13.9 Å². The number of fused-ring (bicyclic) bond motifs is 2. The fraction of sp³-hybridized carbons (Fsp3) is 0.263. The first-order valence-electron chi connectivity index (χ1n) is 7.95. The maximum Gasteiger partial charge on any atom is 0.336 e. The molecule has 0 aliphatic heterocycles. The number of carbonyl (C=O) groups is 1. The summed E-state index contributed by atoms with van der Waals surface area (Å²) in [7, 11) is 0. The highest BCUT2D eigenvalue weighted by atomic mass is 32.1. The van der Waals surface area contributed by atoms with Crippen molar-refractivity contribution in [1.29, 1.82) is 0 Å². The molecule has 0 spiro atoms. The SMILES string of the molecule is O=C(Cc1cccs1)OCc1cc(=O)oc2cc3c(cc12)CCC3. The molecule has 2 heterocycles. The van der Waals surface area contributed by atoms with E-state index in [1.807, 2.05) is 23.6 Å². The van der Waals surface area contributed by atoms with Gasteiger partial charge in [-0.15, -0.1) is 11.3 Å². The largest absolute Gasteiger partial charge is 0.461 e. The molecule has 4 rings (SSSR count). The number of benzene rings is 1. The van der Waals surface area contributed by atoms with Gasteiger partial charge in [0.1, 0.15) is 12.2 Å². The maximum atomic E-state index is 12.0. The van der Waals surface area contributed by atoms with Crippen LogP contribution in [0.3, 0.4) is 0 Å². The molecule has 24 heavy (non-hydrogen) atoms. The monoisotopic (exact) mass is 340 g/mol. The molecule has 122 valence electrons. The molecule has 0 bridgehead atoms. The summed E-state index contributed by atoms with van der Waals surface area (Å²) in [6.07, 6.45) is 3.45. The van der Waals surface area contributed by atoms with Crippen molar-refractivity contribution in [1.82, 2.24) is 0 Å². The molecule has 0 fully saturated rings. The van der Waals surface area contributed by atoms with Crippen LogP contribution in [-0.2, 0) is 35.4 Å². The number of aryl methyl sites for hydroxylation is 2. The Morgan fingerprint density at radius 3 is 2.83 bits per heavy atom. The average molecular weight is 340 g/mol. The minimum Gasteiger partial charge on any atom is -0.461 e. The van der Waals surface area contributed by atoms with E-state index in [9.17, 15) is 9.59 Å². The highest BCUT2D eigenvalue weighted by molar-refractivity contribution is 7.10. The lowest BCUT2D eigenvalue weighted by Gasteiger charge is -2.09. The molecular weight excluding hydrogens is 324 g/mol. The number of hydrogen-bond acceptors (Lipinski definition) is 5. The molecule has 5 heteroatoms. The molecule has 0 unspecified atom stereocenters. The smallest absolute Gasteiger partial charge is 0.336 e. The summed E-state index contributed by atoms with van der Waals surface area (Å²) in [6, 6.07) is 9.26. The van der Waals surface area contributed by atoms with Crippen LogP contribution in [0.2, 0.25) is 0 Å². The number of thiophene rings is 1. The first-order valence-corrected chi connectivity index (χ1v) is 8.83. The van der Waals surface area contributed by atoms with Crippen LogP contribution >= 0.6 is 11.3 Å². The zero-order valence-corrected chi connectivity index (χ0v) is 13.9. The van der Waals surface area contributed by atoms with Gasteiger partial charge < -0.3 is 9.15 Å². The van der Waals surface area contributed by atoms with Crippen LogP contribution in [0, 0.1) is 0 Å². The topological polar surface area (TPSA) is 56.5 Å². The maximum absolute atomic E-state index is 12.0. The third-order valence-electron chi connectivity index (χ3n) is 4.33. The minimum atomic E-state index is -0.412. The lowest BCUT2D eigenvalue weighted by Crippen LogP contribution is -2.09. The number of ether oxygens (including phenoxy) is 1. The number of rotatable bonds is 4. The summed E-state index contributed by atoms with van der Waals surface area (Å²) in [5, 5.41) is 2.79. The standard InChI is InChI=1S/C19H16O4S/c20-18(10-15-5-2-6-24-15)22-11-14-9-19(21)23-17-8-13-4-1-3-12(13)7-16(14)17/h2,5-9H,1,3-4,10-11H2. The van der Waals surface area contributed by atoms with E-state index in [1.165, 1.54) is 28.5 Å². The Labute approximate surface area is 142 Å². The van der Waals surface area contributed by atoms with Crippen molar-refractivity contribution in [2.75, 3.05) is 0 Å². The highest BCUT2D eigenvalue weighted by Crippen LogP contribution is 2.28. The van der Waals surface area contributed by atoms with Crippen molar-refractivity contribution in [2.45, 2.75) is 32.3 Å². The van der Waals surface area contributed by atoms with Gasteiger partial charge in [-0.05, 0) is 54.0 Å². The molecule has 3 aromatic rings. The van der Waals surface area contributed by atoms with Crippen LogP contribution in [0.25, 0.3) is 11.0 Å². The average Bonchev–Trinajstić information content (AvgIpc) is 3.21. The fourth-order valence-corrected chi connectivity index (χ4v) is 3.87. The van der Waals surface area contributed by atoms with Gasteiger partial charge in [-0.3, -0.25) is 4.79 Å². The summed E-state index contributed by atoms with van der Waals surface area (Å²) >= 11 is 1.53. The highest BCUT2D eigenvalue weighted by Gasteiger charge is 2.16. The molecule has 1 aromatic carbocycles. The first kappa shape index (κ1) is 15.1. The number of hydrogen-bond donors (Lipinski definition) is 0. The summed E-state index contributed by atoms with van der Waals surface area (Å²) in [6.45, 7) is 0.0884. The quantitative estimate of drug-likeness (QED) is 0.537. The fourth-order valence-electron chi connectivity index (χ4n) is 3.18. The second-order valence-electron chi connectivity index (χ2n) is 5.98. The van der Waals surface area contributed by atoms with Crippen LogP contribution in [0.15, 0.2) is 44.9 Å². The van der Waals surface area contributed by atoms with Crippen molar-refractivity contribution >= 4 is 28.3 Å². The molecule has 2 aromatic heterocycles. The van der Waals surface area contributed by atoms with Gasteiger partial charge in [-0.2, -0.15) is 0 Å². The minimum absolute atomic E-state index is 0.0884. The summed E-state index contributed by atoms with van der Waals surface area (Å²) in [4.78, 5) is 24.7. The number of esters is 1. The van der Waals surface area contributed by atoms with E-state index >= 15 is 0 Å². The molecule has 0 atom stereocenters. The van der Waals surface area contributed by atoms with Gasteiger partial charge in [0.15, 0.2) is 0 Å². The van der Waals surface area contributed by atoms with Gasteiger partial charge in [-0.1, -0.05) is 6.07 Å². The van der Waals surface area contributed by atoms with Crippen LogP contribution in [0.5, 0.6) is 0 Å². The lowest BCUT2D eigenvalue weighted by atomic mass is 10.0. The van der Waals surface area contributed by atoms with Crippen LogP contribution in [0.4, 0.5) is 0 Å². The van der Waals surface area contributed by atoms with Crippen molar-refractivity contribution in [3.8, 4) is 0 Å². The van der Waals surface area contributed by atoms with Crippen LogP contribution in [0.1, 0.15) is 28.0 Å². The molecule has 4 nitrogen and oxygen atoms in total. The normalized spacial score (nSPS) is 13.2. The van der Waals surface area contributed by atoms with E-state index in [4.69, 9.17) is 9.15 Å². The Hall–Kier alpha value is -2.40. The summed E-state index contributed by atoms with van der Waals surface area (Å²) in [5.41, 5.74) is 3.41. The molecule has 0 N–H and O–H groups in total. The Morgan fingerprint density at radius 2 is 2.04 bits per heavy atom. The van der Waals surface area contributed by atoms with Gasteiger partial charge in [0, 0.05) is 21.9 Å². The molecular formula is C19H16O4S. The van der Waals surface area contributed by atoms with Gasteiger partial charge in [0.05, 0.1) is 6.42 Å².